The maximum absolute atomic E-state index is 12.0. The number of carbonyl (C=O) groups is 1. The number of likely N-dealkylation sites (tertiary alicyclic amines) is 1. The van der Waals surface area contributed by atoms with Gasteiger partial charge in [0.25, 0.3) is 5.91 Å². The molecule has 0 unspecified atom stereocenters. The molecule has 1 fully saturated rings. The van der Waals surface area contributed by atoms with Gasteiger partial charge in [0.1, 0.15) is 0 Å². The SMILES string of the molecule is Cc1ccc(Br)cc1[C@]1(O)CCN(C)C1=O. The van der Waals surface area contributed by atoms with Crippen molar-refractivity contribution in [1.82, 2.24) is 4.90 Å². The molecule has 2 rings (SSSR count). The summed E-state index contributed by atoms with van der Waals surface area (Å²) >= 11 is 3.37. The monoisotopic (exact) mass is 283 g/mol. The van der Waals surface area contributed by atoms with Crippen LogP contribution in [-0.4, -0.2) is 29.5 Å². The molecule has 1 amide bonds. The number of hydrogen-bond donors (Lipinski definition) is 1. The summed E-state index contributed by atoms with van der Waals surface area (Å²) < 4.78 is 0.879. The number of halogens is 1. The number of nitrogens with zero attached hydrogens (tertiary/aromatic N) is 1. The van der Waals surface area contributed by atoms with Crippen LogP contribution in [0.5, 0.6) is 0 Å². The summed E-state index contributed by atoms with van der Waals surface area (Å²) in [7, 11) is 1.72. The van der Waals surface area contributed by atoms with E-state index in [1.165, 1.54) is 0 Å². The largest absolute Gasteiger partial charge is 0.375 e. The highest BCUT2D eigenvalue weighted by Gasteiger charge is 2.45. The molecule has 1 aliphatic rings. The van der Waals surface area contributed by atoms with Crippen molar-refractivity contribution in [1.29, 1.82) is 0 Å². The lowest BCUT2D eigenvalue weighted by Gasteiger charge is -2.23. The average Bonchev–Trinajstić information content (AvgIpc) is 2.51. The Bertz CT molecular complexity index is 447. The van der Waals surface area contributed by atoms with Crippen LogP contribution in [0.15, 0.2) is 22.7 Å². The van der Waals surface area contributed by atoms with E-state index in [1.807, 2.05) is 25.1 Å². The van der Waals surface area contributed by atoms with Gasteiger partial charge in [-0.05, 0) is 30.2 Å². The fourth-order valence-corrected chi connectivity index (χ4v) is 2.50. The third-order valence-corrected chi connectivity index (χ3v) is 3.65. The molecular formula is C12H14BrNO2. The van der Waals surface area contributed by atoms with Crippen molar-refractivity contribution in [3.05, 3.63) is 33.8 Å². The lowest BCUT2D eigenvalue weighted by molar-refractivity contribution is -0.143. The van der Waals surface area contributed by atoms with Crippen LogP contribution >= 0.6 is 15.9 Å². The maximum atomic E-state index is 12.0. The first kappa shape index (κ1) is 11.6. The summed E-state index contributed by atoms with van der Waals surface area (Å²) in [6.45, 7) is 2.51. The zero-order chi connectivity index (χ0) is 11.9. The van der Waals surface area contributed by atoms with Crippen molar-refractivity contribution in [2.24, 2.45) is 0 Å². The molecule has 1 aromatic carbocycles. The summed E-state index contributed by atoms with van der Waals surface area (Å²) in [6.07, 6.45) is 0.458. The number of aryl methyl sites for hydroxylation is 1. The fraction of sp³-hybridized carbons (Fsp3) is 0.417. The number of carbonyl (C=O) groups excluding carboxylic acids is 1. The summed E-state index contributed by atoms with van der Waals surface area (Å²) in [6, 6.07) is 5.64. The van der Waals surface area contributed by atoms with Gasteiger partial charge in [0.2, 0.25) is 0 Å². The highest BCUT2D eigenvalue weighted by atomic mass is 79.9. The number of rotatable bonds is 1. The number of hydrogen-bond acceptors (Lipinski definition) is 2. The Morgan fingerprint density at radius 1 is 1.50 bits per heavy atom. The quantitative estimate of drug-likeness (QED) is 0.854. The highest BCUT2D eigenvalue weighted by molar-refractivity contribution is 9.10. The van der Waals surface area contributed by atoms with Gasteiger partial charge in [-0.2, -0.15) is 0 Å². The second-order valence-corrected chi connectivity index (χ2v) is 5.21. The molecular weight excluding hydrogens is 270 g/mol. The van der Waals surface area contributed by atoms with Crippen LogP contribution in [0.3, 0.4) is 0 Å². The zero-order valence-electron chi connectivity index (χ0n) is 9.33. The van der Waals surface area contributed by atoms with Crippen LogP contribution in [-0.2, 0) is 10.4 Å². The smallest absolute Gasteiger partial charge is 0.259 e. The Labute approximate surface area is 103 Å². The van der Waals surface area contributed by atoms with Crippen molar-refractivity contribution in [3.63, 3.8) is 0 Å². The van der Waals surface area contributed by atoms with E-state index in [-0.39, 0.29) is 5.91 Å². The van der Waals surface area contributed by atoms with Gasteiger partial charge in [0.05, 0.1) is 0 Å². The summed E-state index contributed by atoms with van der Waals surface area (Å²) in [5.41, 5.74) is 0.299. The van der Waals surface area contributed by atoms with Crippen LogP contribution in [0.25, 0.3) is 0 Å². The molecule has 0 saturated carbocycles. The first-order valence-electron chi connectivity index (χ1n) is 5.20. The predicted octanol–water partition coefficient (Wildman–Crippen LogP) is 1.81. The number of aliphatic hydroxyl groups is 1. The molecule has 1 saturated heterocycles. The van der Waals surface area contributed by atoms with Gasteiger partial charge in [-0.15, -0.1) is 0 Å². The molecule has 0 radical (unpaired) electrons. The number of amides is 1. The minimum Gasteiger partial charge on any atom is -0.375 e. The van der Waals surface area contributed by atoms with Crippen LogP contribution in [0.2, 0.25) is 0 Å². The minimum absolute atomic E-state index is 0.214. The van der Waals surface area contributed by atoms with Gasteiger partial charge in [0, 0.05) is 24.5 Å². The third kappa shape index (κ3) is 1.66. The molecule has 0 aromatic heterocycles. The van der Waals surface area contributed by atoms with Crippen molar-refractivity contribution < 1.29 is 9.90 Å². The van der Waals surface area contributed by atoms with E-state index < -0.39 is 5.60 Å². The van der Waals surface area contributed by atoms with E-state index >= 15 is 0 Å². The van der Waals surface area contributed by atoms with Crippen molar-refractivity contribution in [3.8, 4) is 0 Å². The lowest BCUT2D eigenvalue weighted by Crippen LogP contribution is -2.36. The van der Waals surface area contributed by atoms with Crippen molar-refractivity contribution in [2.45, 2.75) is 18.9 Å². The van der Waals surface area contributed by atoms with Crippen LogP contribution < -0.4 is 0 Å². The molecule has 1 heterocycles. The molecule has 0 spiro atoms. The maximum Gasteiger partial charge on any atom is 0.259 e. The summed E-state index contributed by atoms with van der Waals surface area (Å²) in [5.74, 6) is -0.214. The first-order chi connectivity index (χ1) is 7.45. The molecule has 16 heavy (non-hydrogen) atoms. The zero-order valence-corrected chi connectivity index (χ0v) is 10.9. The van der Waals surface area contributed by atoms with E-state index in [2.05, 4.69) is 15.9 Å². The Hall–Kier alpha value is -0.870. The van der Waals surface area contributed by atoms with E-state index in [4.69, 9.17) is 0 Å². The molecule has 86 valence electrons. The molecule has 0 aliphatic carbocycles. The average molecular weight is 284 g/mol. The normalized spacial score (nSPS) is 25.2. The molecule has 1 aromatic rings. The van der Waals surface area contributed by atoms with E-state index in [0.717, 1.165) is 10.0 Å². The fourth-order valence-electron chi connectivity index (χ4n) is 2.14. The summed E-state index contributed by atoms with van der Waals surface area (Å²) in [5, 5.41) is 10.5. The van der Waals surface area contributed by atoms with E-state index in [9.17, 15) is 9.90 Å². The minimum atomic E-state index is -1.34. The van der Waals surface area contributed by atoms with Gasteiger partial charge in [-0.3, -0.25) is 4.79 Å². The van der Waals surface area contributed by atoms with Gasteiger partial charge in [-0.1, -0.05) is 22.0 Å². The predicted molar refractivity (Wildman–Crippen MR) is 65.0 cm³/mol. The van der Waals surface area contributed by atoms with Crippen LogP contribution in [0.1, 0.15) is 17.5 Å². The second-order valence-electron chi connectivity index (χ2n) is 4.30. The highest BCUT2D eigenvalue weighted by Crippen LogP contribution is 2.35. The molecule has 0 bridgehead atoms. The van der Waals surface area contributed by atoms with Crippen LogP contribution in [0, 0.1) is 6.92 Å². The Morgan fingerprint density at radius 2 is 2.19 bits per heavy atom. The first-order valence-corrected chi connectivity index (χ1v) is 5.99. The van der Waals surface area contributed by atoms with Gasteiger partial charge in [-0.25, -0.2) is 0 Å². The Balaban J connectivity index is 2.51. The standard InChI is InChI=1S/C12H14BrNO2/c1-8-3-4-9(13)7-10(8)12(16)5-6-14(2)11(12)15/h3-4,7,16H,5-6H2,1-2H3/t12-/m1/s1. The molecule has 1 N–H and O–H groups in total. The second kappa shape index (κ2) is 3.86. The van der Waals surface area contributed by atoms with Gasteiger partial charge < -0.3 is 10.0 Å². The number of benzene rings is 1. The Morgan fingerprint density at radius 3 is 2.75 bits per heavy atom. The number of likely N-dealkylation sites (N-methyl/N-ethyl adjacent to an activating group) is 1. The van der Waals surface area contributed by atoms with E-state index in [0.29, 0.717) is 18.5 Å². The van der Waals surface area contributed by atoms with Crippen LogP contribution in [0.4, 0.5) is 0 Å². The van der Waals surface area contributed by atoms with Gasteiger partial charge in [0.15, 0.2) is 5.60 Å². The van der Waals surface area contributed by atoms with E-state index in [1.54, 1.807) is 11.9 Å². The topological polar surface area (TPSA) is 40.5 Å². The van der Waals surface area contributed by atoms with Gasteiger partial charge >= 0.3 is 0 Å². The molecule has 1 atom stereocenters. The molecule has 1 aliphatic heterocycles. The van der Waals surface area contributed by atoms with Crippen molar-refractivity contribution in [2.75, 3.05) is 13.6 Å². The summed E-state index contributed by atoms with van der Waals surface area (Å²) in [4.78, 5) is 13.5. The third-order valence-electron chi connectivity index (χ3n) is 3.15. The lowest BCUT2D eigenvalue weighted by atomic mass is 9.89. The Kier molecular flexibility index (Phi) is 2.80. The molecule has 3 nitrogen and oxygen atoms in total. The van der Waals surface area contributed by atoms with Crippen molar-refractivity contribution >= 4 is 21.8 Å². The molecule has 4 heteroatoms.